The number of hydrogen-bond acceptors (Lipinski definition) is 6. The molecule has 0 saturated heterocycles. The molecule has 1 heterocycles. The van der Waals surface area contributed by atoms with Crippen LogP contribution in [0.4, 0.5) is 0 Å². The SMILES string of the molecule is CCO/N=C(/CC)C1=C(O)CC(c2ccc3c(c2)OCO3)CC1=O. The Balaban J connectivity index is 1.85. The van der Waals surface area contributed by atoms with Crippen molar-refractivity contribution in [1.82, 2.24) is 0 Å². The summed E-state index contributed by atoms with van der Waals surface area (Å²) in [5.74, 6) is 1.27. The van der Waals surface area contributed by atoms with Crippen LogP contribution in [0, 0.1) is 0 Å². The molecule has 6 nitrogen and oxygen atoms in total. The van der Waals surface area contributed by atoms with E-state index in [-0.39, 0.29) is 24.3 Å². The summed E-state index contributed by atoms with van der Waals surface area (Å²) in [7, 11) is 0. The fraction of sp³-hybridized carbons (Fsp3) is 0.444. The van der Waals surface area contributed by atoms with Crippen molar-refractivity contribution in [2.24, 2.45) is 5.16 Å². The molecule has 0 radical (unpaired) electrons. The van der Waals surface area contributed by atoms with Crippen LogP contribution >= 0.6 is 0 Å². The fourth-order valence-electron chi connectivity index (χ4n) is 3.05. The average molecular weight is 331 g/mol. The van der Waals surface area contributed by atoms with Crippen LogP contribution in [0.3, 0.4) is 0 Å². The summed E-state index contributed by atoms with van der Waals surface area (Å²) in [6.45, 7) is 4.34. The number of ether oxygens (including phenoxy) is 2. The molecule has 1 N–H and O–H groups in total. The second-order valence-electron chi connectivity index (χ2n) is 5.77. The molecule has 0 spiro atoms. The molecule has 1 atom stereocenters. The Labute approximate surface area is 140 Å². The summed E-state index contributed by atoms with van der Waals surface area (Å²) in [4.78, 5) is 17.6. The molecule has 1 aromatic carbocycles. The highest BCUT2D eigenvalue weighted by molar-refractivity contribution is 6.23. The van der Waals surface area contributed by atoms with Crippen molar-refractivity contribution in [2.45, 2.75) is 39.0 Å². The van der Waals surface area contributed by atoms with Crippen LogP contribution in [0.2, 0.25) is 0 Å². The molecule has 1 aliphatic heterocycles. The minimum absolute atomic E-state index is 0.0780. The maximum atomic E-state index is 12.6. The molecule has 0 aromatic heterocycles. The van der Waals surface area contributed by atoms with Gasteiger partial charge in [-0.1, -0.05) is 18.1 Å². The van der Waals surface area contributed by atoms with Crippen molar-refractivity contribution in [3.05, 3.63) is 35.1 Å². The topological polar surface area (TPSA) is 77.3 Å². The van der Waals surface area contributed by atoms with Crippen LogP contribution in [-0.2, 0) is 9.63 Å². The van der Waals surface area contributed by atoms with Gasteiger partial charge in [0.05, 0.1) is 11.3 Å². The van der Waals surface area contributed by atoms with Crippen molar-refractivity contribution in [2.75, 3.05) is 13.4 Å². The minimum Gasteiger partial charge on any atom is -0.511 e. The van der Waals surface area contributed by atoms with Gasteiger partial charge < -0.3 is 19.4 Å². The zero-order valence-electron chi connectivity index (χ0n) is 13.9. The quantitative estimate of drug-likeness (QED) is 0.660. The van der Waals surface area contributed by atoms with E-state index in [1.165, 1.54) is 0 Å². The van der Waals surface area contributed by atoms with E-state index in [0.29, 0.717) is 48.7 Å². The second-order valence-corrected chi connectivity index (χ2v) is 5.77. The summed E-state index contributed by atoms with van der Waals surface area (Å²) in [5, 5.41) is 14.4. The van der Waals surface area contributed by atoms with Gasteiger partial charge in [-0.15, -0.1) is 0 Å². The Morgan fingerprint density at radius 1 is 1.29 bits per heavy atom. The van der Waals surface area contributed by atoms with Gasteiger partial charge >= 0.3 is 0 Å². The number of nitrogens with zero attached hydrogens (tertiary/aromatic N) is 1. The van der Waals surface area contributed by atoms with Gasteiger partial charge in [-0.2, -0.15) is 0 Å². The van der Waals surface area contributed by atoms with Crippen molar-refractivity contribution in [3.63, 3.8) is 0 Å². The molecule has 0 bridgehead atoms. The van der Waals surface area contributed by atoms with E-state index < -0.39 is 0 Å². The number of aliphatic hydroxyl groups excluding tert-OH is 1. The zero-order valence-corrected chi connectivity index (χ0v) is 13.9. The maximum Gasteiger partial charge on any atom is 0.231 e. The third-order valence-corrected chi connectivity index (χ3v) is 4.23. The van der Waals surface area contributed by atoms with Gasteiger partial charge in [0.2, 0.25) is 6.79 Å². The van der Waals surface area contributed by atoms with Gasteiger partial charge in [-0.25, -0.2) is 0 Å². The van der Waals surface area contributed by atoms with Crippen LogP contribution in [0.25, 0.3) is 0 Å². The van der Waals surface area contributed by atoms with Gasteiger partial charge in [-0.05, 0) is 37.0 Å². The average Bonchev–Trinajstić information content (AvgIpc) is 3.04. The van der Waals surface area contributed by atoms with Crippen molar-refractivity contribution in [3.8, 4) is 11.5 Å². The van der Waals surface area contributed by atoms with E-state index in [9.17, 15) is 9.90 Å². The van der Waals surface area contributed by atoms with E-state index in [1.54, 1.807) is 0 Å². The highest BCUT2D eigenvalue weighted by atomic mass is 16.7. The lowest BCUT2D eigenvalue weighted by molar-refractivity contribution is -0.116. The number of Topliss-reactive ketones (excluding diaryl/α,β-unsaturated/α-hetero) is 1. The van der Waals surface area contributed by atoms with Gasteiger partial charge in [0.25, 0.3) is 0 Å². The van der Waals surface area contributed by atoms with E-state index in [4.69, 9.17) is 14.3 Å². The van der Waals surface area contributed by atoms with E-state index in [2.05, 4.69) is 5.16 Å². The molecule has 0 fully saturated rings. The lowest BCUT2D eigenvalue weighted by Gasteiger charge is -2.24. The number of carbonyl (C=O) groups is 1. The van der Waals surface area contributed by atoms with E-state index in [0.717, 1.165) is 5.56 Å². The largest absolute Gasteiger partial charge is 0.511 e. The molecule has 24 heavy (non-hydrogen) atoms. The molecule has 3 rings (SSSR count). The van der Waals surface area contributed by atoms with Crippen molar-refractivity contribution in [1.29, 1.82) is 0 Å². The number of allylic oxidation sites excluding steroid dienone is 2. The highest BCUT2D eigenvalue weighted by Crippen LogP contribution is 2.39. The maximum absolute atomic E-state index is 12.6. The van der Waals surface area contributed by atoms with Crippen LogP contribution in [0.1, 0.15) is 44.6 Å². The smallest absolute Gasteiger partial charge is 0.231 e. The molecule has 0 saturated carbocycles. The first kappa shape index (κ1) is 16.4. The van der Waals surface area contributed by atoms with Crippen LogP contribution in [0.15, 0.2) is 34.7 Å². The number of hydrogen-bond donors (Lipinski definition) is 1. The highest BCUT2D eigenvalue weighted by Gasteiger charge is 2.32. The van der Waals surface area contributed by atoms with Gasteiger partial charge in [0.15, 0.2) is 17.3 Å². The van der Waals surface area contributed by atoms with Crippen LogP contribution in [-0.4, -0.2) is 30.0 Å². The van der Waals surface area contributed by atoms with Crippen molar-refractivity contribution >= 4 is 11.5 Å². The third kappa shape index (κ3) is 3.09. The zero-order chi connectivity index (χ0) is 17.1. The number of fused-ring (bicyclic) bond motifs is 1. The Morgan fingerprint density at radius 3 is 2.79 bits per heavy atom. The number of aliphatic hydroxyl groups is 1. The summed E-state index contributed by atoms with van der Waals surface area (Å²) >= 11 is 0. The lowest BCUT2D eigenvalue weighted by atomic mass is 9.81. The normalized spacial score (nSPS) is 20.5. The van der Waals surface area contributed by atoms with E-state index >= 15 is 0 Å². The van der Waals surface area contributed by atoms with Crippen molar-refractivity contribution < 1.29 is 24.2 Å². The Hall–Kier alpha value is -2.50. The number of rotatable bonds is 5. The summed E-state index contributed by atoms with van der Waals surface area (Å²) in [5.41, 5.74) is 1.77. The Kier molecular flexibility index (Phi) is 4.74. The lowest BCUT2D eigenvalue weighted by Crippen LogP contribution is -2.23. The van der Waals surface area contributed by atoms with E-state index in [1.807, 2.05) is 32.0 Å². The summed E-state index contributed by atoms with van der Waals surface area (Å²) < 4.78 is 10.7. The minimum atomic E-state index is -0.110. The fourth-order valence-corrected chi connectivity index (χ4v) is 3.05. The Morgan fingerprint density at radius 2 is 2.08 bits per heavy atom. The van der Waals surface area contributed by atoms with Gasteiger partial charge in [0.1, 0.15) is 12.4 Å². The Bertz CT molecular complexity index is 707. The predicted octanol–water partition coefficient (Wildman–Crippen LogP) is 3.48. The first-order valence-electron chi connectivity index (χ1n) is 8.18. The molecule has 2 aliphatic rings. The molecule has 0 amide bonds. The number of oxime groups is 1. The molecule has 1 aromatic rings. The van der Waals surface area contributed by atoms with Gasteiger partial charge in [0, 0.05) is 12.8 Å². The monoisotopic (exact) mass is 331 g/mol. The molecular weight excluding hydrogens is 310 g/mol. The second kappa shape index (κ2) is 6.95. The number of carbonyl (C=O) groups excluding carboxylic acids is 1. The first-order valence-corrected chi connectivity index (χ1v) is 8.18. The molecule has 128 valence electrons. The molecule has 1 unspecified atom stereocenters. The standard InChI is InChI=1S/C18H21NO5/c1-3-13(19-24-4-2)18-14(20)7-12(8-15(18)21)11-5-6-16-17(9-11)23-10-22-16/h5-6,9,12,20H,3-4,7-8,10H2,1-2H3/b19-13-. The molecular formula is C18H21NO5. The third-order valence-electron chi connectivity index (χ3n) is 4.23. The summed E-state index contributed by atoms with van der Waals surface area (Å²) in [6.07, 6.45) is 1.25. The summed E-state index contributed by atoms with van der Waals surface area (Å²) in [6, 6.07) is 5.64. The number of benzene rings is 1. The van der Waals surface area contributed by atoms with Crippen LogP contribution < -0.4 is 9.47 Å². The number of ketones is 1. The van der Waals surface area contributed by atoms with Gasteiger partial charge in [-0.3, -0.25) is 4.79 Å². The first-order chi connectivity index (χ1) is 11.6. The molecule has 1 aliphatic carbocycles. The predicted molar refractivity (Wildman–Crippen MR) is 88.6 cm³/mol. The molecule has 6 heteroatoms. The van der Waals surface area contributed by atoms with Crippen LogP contribution in [0.5, 0.6) is 11.5 Å².